The van der Waals surface area contributed by atoms with E-state index < -0.39 is 6.09 Å². The zero-order chi connectivity index (χ0) is 14.5. The topological polar surface area (TPSA) is 84.1 Å². The Morgan fingerprint density at radius 1 is 1.30 bits per heavy atom. The van der Waals surface area contributed by atoms with Gasteiger partial charge in [-0.1, -0.05) is 12.1 Å². The second-order valence-corrected chi connectivity index (χ2v) is 4.52. The van der Waals surface area contributed by atoms with Crippen molar-refractivity contribution < 1.29 is 14.3 Å². The number of aromatic nitrogens is 2. The second-order valence-electron chi connectivity index (χ2n) is 4.52. The van der Waals surface area contributed by atoms with E-state index in [1.165, 1.54) is 12.3 Å². The molecule has 0 saturated carbocycles. The van der Waals surface area contributed by atoms with Gasteiger partial charge in [-0.05, 0) is 32.0 Å². The molecule has 2 aromatic rings. The van der Waals surface area contributed by atoms with Crippen LogP contribution in [-0.4, -0.2) is 28.1 Å². The van der Waals surface area contributed by atoms with Crippen molar-refractivity contribution in [3.05, 3.63) is 47.8 Å². The minimum atomic E-state index is -0.550. The number of ether oxygens (including phenoxy) is 1. The van der Waals surface area contributed by atoms with Crippen molar-refractivity contribution >= 4 is 11.9 Å². The van der Waals surface area contributed by atoms with E-state index in [4.69, 9.17) is 4.74 Å². The van der Waals surface area contributed by atoms with Crippen LogP contribution in [-0.2, 0) is 0 Å². The summed E-state index contributed by atoms with van der Waals surface area (Å²) in [4.78, 5) is 23.6. The number of amides is 1. The molecule has 0 aliphatic rings. The number of H-pyrrole nitrogens is 1. The van der Waals surface area contributed by atoms with Crippen LogP contribution in [0.5, 0.6) is 5.75 Å². The highest BCUT2D eigenvalue weighted by Gasteiger charge is 2.12. The Kier molecular flexibility index (Phi) is 4.14. The highest BCUT2D eigenvalue weighted by atomic mass is 16.6. The van der Waals surface area contributed by atoms with Gasteiger partial charge in [-0.25, -0.2) is 4.79 Å². The first kappa shape index (κ1) is 13.8. The summed E-state index contributed by atoms with van der Waals surface area (Å²) in [5.41, 5.74) is 0.804. The number of nitrogens with zero attached hydrogens (tertiary/aromatic N) is 1. The summed E-state index contributed by atoms with van der Waals surface area (Å²) in [6.45, 7) is 3.67. The third-order valence-corrected chi connectivity index (χ3v) is 2.46. The van der Waals surface area contributed by atoms with Crippen LogP contribution in [0.1, 0.15) is 29.9 Å². The van der Waals surface area contributed by atoms with Crippen LogP contribution in [0, 0.1) is 0 Å². The van der Waals surface area contributed by atoms with Gasteiger partial charge in [0.1, 0.15) is 11.4 Å². The molecule has 1 aromatic heterocycles. The fourth-order valence-corrected chi connectivity index (χ4v) is 1.61. The third kappa shape index (κ3) is 3.44. The molecule has 6 heteroatoms. The molecule has 6 nitrogen and oxygen atoms in total. The number of ketones is 1. The Labute approximate surface area is 116 Å². The highest BCUT2D eigenvalue weighted by molar-refractivity contribution is 6.07. The molecule has 20 heavy (non-hydrogen) atoms. The standard InChI is InChI=1S/C14H15N3O3/c1-9(2)16-14(19)20-11-5-3-4-10(8-11)13(18)12-6-7-15-17-12/h3-9H,1-2H3,(H,15,17)(H,16,19). The lowest BCUT2D eigenvalue weighted by Gasteiger charge is -2.09. The molecule has 1 heterocycles. The predicted molar refractivity (Wildman–Crippen MR) is 72.8 cm³/mol. The number of carbonyl (C=O) groups excluding carboxylic acids is 2. The van der Waals surface area contributed by atoms with E-state index in [9.17, 15) is 9.59 Å². The number of nitrogens with one attached hydrogen (secondary N) is 2. The molecule has 0 aliphatic carbocycles. The van der Waals surface area contributed by atoms with Gasteiger partial charge in [0.2, 0.25) is 5.78 Å². The summed E-state index contributed by atoms with van der Waals surface area (Å²) in [5, 5.41) is 8.94. The van der Waals surface area contributed by atoms with Gasteiger partial charge in [0, 0.05) is 17.8 Å². The minimum Gasteiger partial charge on any atom is -0.410 e. The van der Waals surface area contributed by atoms with Crippen molar-refractivity contribution in [2.45, 2.75) is 19.9 Å². The zero-order valence-corrected chi connectivity index (χ0v) is 11.2. The van der Waals surface area contributed by atoms with E-state index in [0.717, 1.165) is 0 Å². The van der Waals surface area contributed by atoms with Crippen LogP contribution >= 0.6 is 0 Å². The molecule has 2 N–H and O–H groups in total. The Hall–Kier alpha value is -2.63. The smallest absolute Gasteiger partial charge is 0.410 e. The van der Waals surface area contributed by atoms with Crippen molar-refractivity contribution in [3.63, 3.8) is 0 Å². The van der Waals surface area contributed by atoms with E-state index in [0.29, 0.717) is 17.0 Å². The van der Waals surface area contributed by atoms with Crippen molar-refractivity contribution in [1.82, 2.24) is 15.5 Å². The maximum atomic E-state index is 12.1. The van der Waals surface area contributed by atoms with Gasteiger partial charge < -0.3 is 10.1 Å². The number of benzene rings is 1. The number of rotatable bonds is 4. The minimum absolute atomic E-state index is 0.0164. The monoisotopic (exact) mass is 273 g/mol. The van der Waals surface area contributed by atoms with Crippen LogP contribution in [0.15, 0.2) is 36.5 Å². The van der Waals surface area contributed by atoms with E-state index in [1.54, 1.807) is 24.3 Å². The molecule has 0 spiro atoms. The molecule has 0 aliphatic heterocycles. The Bertz CT molecular complexity index is 606. The van der Waals surface area contributed by atoms with Gasteiger partial charge in [-0.15, -0.1) is 0 Å². The lowest BCUT2D eigenvalue weighted by Crippen LogP contribution is -2.32. The average Bonchev–Trinajstić information content (AvgIpc) is 2.91. The lowest BCUT2D eigenvalue weighted by molar-refractivity contribution is 0.103. The zero-order valence-electron chi connectivity index (χ0n) is 11.2. The SMILES string of the molecule is CC(C)NC(=O)Oc1cccc(C(=O)c2ccn[nH]2)c1. The van der Waals surface area contributed by atoms with Crippen LogP contribution in [0.3, 0.4) is 0 Å². The van der Waals surface area contributed by atoms with Crippen LogP contribution in [0.4, 0.5) is 4.79 Å². The van der Waals surface area contributed by atoms with Crippen molar-refractivity contribution in [2.75, 3.05) is 0 Å². The molecule has 0 radical (unpaired) electrons. The van der Waals surface area contributed by atoms with Gasteiger partial charge in [-0.3, -0.25) is 9.89 Å². The fraction of sp³-hybridized carbons (Fsp3) is 0.214. The second kappa shape index (κ2) is 6.01. The molecule has 0 unspecified atom stereocenters. The van der Waals surface area contributed by atoms with Gasteiger partial charge in [0.15, 0.2) is 0 Å². The van der Waals surface area contributed by atoms with Crippen molar-refractivity contribution in [1.29, 1.82) is 0 Å². The van der Waals surface area contributed by atoms with E-state index in [1.807, 2.05) is 13.8 Å². The molecular weight excluding hydrogens is 258 g/mol. The van der Waals surface area contributed by atoms with Gasteiger partial charge in [-0.2, -0.15) is 5.10 Å². The maximum absolute atomic E-state index is 12.1. The Morgan fingerprint density at radius 2 is 2.10 bits per heavy atom. The Morgan fingerprint density at radius 3 is 2.75 bits per heavy atom. The molecular formula is C14H15N3O3. The van der Waals surface area contributed by atoms with E-state index >= 15 is 0 Å². The van der Waals surface area contributed by atoms with Gasteiger partial charge >= 0.3 is 6.09 Å². The molecule has 0 saturated heterocycles. The first-order valence-electron chi connectivity index (χ1n) is 6.19. The molecule has 0 fully saturated rings. The molecule has 104 valence electrons. The number of hydrogen-bond acceptors (Lipinski definition) is 4. The van der Waals surface area contributed by atoms with Gasteiger partial charge in [0.05, 0.1) is 0 Å². The fourth-order valence-electron chi connectivity index (χ4n) is 1.61. The molecule has 1 aromatic carbocycles. The number of carbonyl (C=O) groups is 2. The van der Waals surface area contributed by atoms with Crippen LogP contribution < -0.4 is 10.1 Å². The number of aromatic amines is 1. The van der Waals surface area contributed by atoms with Crippen LogP contribution in [0.25, 0.3) is 0 Å². The quantitative estimate of drug-likeness (QED) is 0.836. The van der Waals surface area contributed by atoms with E-state index in [2.05, 4.69) is 15.5 Å². The number of hydrogen-bond donors (Lipinski definition) is 2. The van der Waals surface area contributed by atoms with Gasteiger partial charge in [0.25, 0.3) is 0 Å². The van der Waals surface area contributed by atoms with Crippen LogP contribution in [0.2, 0.25) is 0 Å². The highest BCUT2D eigenvalue weighted by Crippen LogP contribution is 2.16. The summed E-state index contributed by atoms with van der Waals surface area (Å²) in [7, 11) is 0. The first-order valence-corrected chi connectivity index (χ1v) is 6.19. The summed E-state index contributed by atoms with van der Waals surface area (Å²) in [5.74, 6) is 0.103. The van der Waals surface area contributed by atoms with Crippen molar-refractivity contribution in [3.8, 4) is 5.75 Å². The summed E-state index contributed by atoms with van der Waals surface area (Å²) >= 11 is 0. The Balaban J connectivity index is 2.12. The van der Waals surface area contributed by atoms with Crippen molar-refractivity contribution in [2.24, 2.45) is 0 Å². The summed E-state index contributed by atoms with van der Waals surface area (Å²) in [6, 6.07) is 8.00. The normalized spacial score (nSPS) is 10.3. The molecule has 2 rings (SSSR count). The van der Waals surface area contributed by atoms with E-state index in [-0.39, 0.29) is 11.8 Å². The average molecular weight is 273 g/mol. The molecule has 1 amide bonds. The lowest BCUT2D eigenvalue weighted by atomic mass is 10.1. The largest absolute Gasteiger partial charge is 0.412 e. The summed E-state index contributed by atoms with van der Waals surface area (Å²) < 4.78 is 5.11. The predicted octanol–water partition coefficient (Wildman–Crippen LogP) is 2.14. The molecule has 0 bridgehead atoms. The third-order valence-electron chi connectivity index (χ3n) is 2.46. The summed E-state index contributed by atoms with van der Waals surface area (Å²) in [6.07, 6.45) is 0.954. The molecule has 0 atom stereocenters. The maximum Gasteiger partial charge on any atom is 0.412 e. The first-order chi connectivity index (χ1) is 9.56.